The normalized spacial score (nSPS) is 22.6. The molecule has 0 atom stereocenters. The van der Waals surface area contributed by atoms with E-state index in [1.807, 2.05) is 0 Å². The van der Waals surface area contributed by atoms with Crippen molar-refractivity contribution in [3.63, 3.8) is 0 Å². The molecule has 0 bridgehead atoms. The molecule has 5 N–H and O–H groups in total. The first-order valence-electron chi connectivity index (χ1n) is 4.78. The van der Waals surface area contributed by atoms with Gasteiger partial charge in [-0.15, -0.1) is 12.6 Å². The summed E-state index contributed by atoms with van der Waals surface area (Å²) in [6, 6.07) is 0. The molecule has 1 heterocycles. The molecule has 0 saturated carbocycles. The second-order valence-electron chi connectivity index (χ2n) is 4.01. The van der Waals surface area contributed by atoms with Crippen molar-refractivity contribution >= 4 is 27.8 Å². The van der Waals surface area contributed by atoms with Crippen molar-refractivity contribution < 1.29 is 28.7 Å². The van der Waals surface area contributed by atoms with Crippen LogP contribution < -0.4 is 5.32 Å². The van der Waals surface area contributed by atoms with Crippen molar-refractivity contribution in [2.75, 3.05) is 6.54 Å². The number of hydrogen-bond donors (Lipinski definition) is 6. The van der Waals surface area contributed by atoms with Crippen molar-refractivity contribution in [1.82, 2.24) is 5.32 Å². The predicted octanol–water partition coefficient (Wildman–Crippen LogP) is 0.279. The zero-order valence-corrected chi connectivity index (χ0v) is 11.6. The van der Waals surface area contributed by atoms with E-state index in [0.29, 0.717) is 16.1 Å². The molecular formula is C8H11NO6P2S. The Bertz CT molecular complexity index is 560. The van der Waals surface area contributed by atoms with Crippen LogP contribution in [-0.4, -0.2) is 31.0 Å². The summed E-state index contributed by atoms with van der Waals surface area (Å²) < 4.78 is 23.0. The highest BCUT2D eigenvalue weighted by atomic mass is 32.1. The van der Waals surface area contributed by atoms with Crippen molar-refractivity contribution in [2.24, 2.45) is 0 Å². The van der Waals surface area contributed by atoms with Crippen LogP contribution in [0.4, 0.5) is 0 Å². The first-order chi connectivity index (χ1) is 8.08. The molecule has 2 aliphatic rings. The van der Waals surface area contributed by atoms with Crippen LogP contribution in [0.25, 0.3) is 0 Å². The van der Waals surface area contributed by atoms with Gasteiger partial charge in [0.2, 0.25) is 4.90 Å². The first-order valence-corrected chi connectivity index (χ1v) is 8.45. The summed E-state index contributed by atoms with van der Waals surface area (Å²) in [5.74, 6) is 0. The third-order valence-electron chi connectivity index (χ3n) is 2.83. The SMILES string of the molecule is O=P(O)(O)C1(P(=O)(O)O)C=C2CNC=C(S)C2=C1. The zero-order chi connectivity index (χ0) is 13.8. The minimum absolute atomic E-state index is 0.234. The van der Waals surface area contributed by atoms with Gasteiger partial charge in [0.15, 0.2) is 0 Å². The van der Waals surface area contributed by atoms with E-state index in [4.69, 9.17) is 0 Å². The summed E-state index contributed by atoms with van der Waals surface area (Å²) in [5, 5.41) is 2.79. The summed E-state index contributed by atoms with van der Waals surface area (Å²) in [6.07, 6.45) is 3.37. The van der Waals surface area contributed by atoms with Crippen LogP contribution in [0.2, 0.25) is 0 Å². The average Bonchev–Trinajstić information content (AvgIpc) is 2.57. The molecule has 100 valence electrons. The minimum atomic E-state index is -5.07. The van der Waals surface area contributed by atoms with Crippen LogP contribution in [0.5, 0.6) is 0 Å². The average molecular weight is 311 g/mol. The second kappa shape index (κ2) is 4.08. The number of nitrogens with one attached hydrogen (secondary N) is 1. The minimum Gasteiger partial charge on any atom is -0.386 e. The summed E-state index contributed by atoms with van der Waals surface area (Å²) in [6.45, 7) is 0.234. The lowest BCUT2D eigenvalue weighted by atomic mass is 10.1. The molecule has 0 radical (unpaired) electrons. The Kier molecular flexibility index (Phi) is 3.19. The van der Waals surface area contributed by atoms with E-state index in [-0.39, 0.29) is 6.54 Å². The Morgan fingerprint density at radius 2 is 1.72 bits per heavy atom. The van der Waals surface area contributed by atoms with Gasteiger partial charge >= 0.3 is 15.2 Å². The van der Waals surface area contributed by atoms with Gasteiger partial charge in [-0.05, 0) is 23.3 Å². The Morgan fingerprint density at radius 1 is 1.17 bits per heavy atom. The predicted molar refractivity (Wildman–Crippen MR) is 68.1 cm³/mol. The van der Waals surface area contributed by atoms with E-state index in [0.717, 1.165) is 12.2 Å². The van der Waals surface area contributed by atoms with Crippen LogP contribution >= 0.6 is 27.8 Å². The molecule has 1 aliphatic carbocycles. The van der Waals surface area contributed by atoms with E-state index in [9.17, 15) is 28.7 Å². The van der Waals surface area contributed by atoms with E-state index in [1.54, 1.807) is 0 Å². The molecule has 1 aliphatic heterocycles. The van der Waals surface area contributed by atoms with Gasteiger partial charge in [-0.25, -0.2) is 0 Å². The van der Waals surface area contributed by atoms with Crippen molar-refractivity contribution in [1.29, 1.82) is 0 Å². The summed E-state index contributed by atoms with van der Waals surface area (Å²) >= 11 is 4.09. The fraction of sp³-hybridized carbons (Fsp3) is 0.250. The molecule has 0 aromatic carbocycles. The Balaban J connectivity index is 2.70. The van der Waals surface area contributed by atoms with Crippen molar-refractivity contribution in [2.45, 2.75) is 4.90 Å². The van der Waals surface area contributed by atoms with Crippen molar-refractivity contribution in [3.8, 4) is 0 Å². The summed E-state index contributed by atoms with van der Waals surface area (Å²) in [4.78, 5) is 35.0. The maximum Gasteiger partial charge on any atom is 0.351 e. The zero-order valence-electron chi connectivity index (χ0n) is 8.89. The topological polar surface area (TPSA) is 127 Å². The molecule has 2 rings (SSSR count). The van der Waals surface area contributed by atoms with Crippen LogP contribution in [0, 0.1) is 0 Å². The highest BCUT2D eigenvalue weighted by Gasteiger charge is 2.59. The molecule has 10 heteroatoms. The maximum absolute atomic E-state index is 11.5. The highest BCUT2D eigenvalue weighted by molar-refractivity contribution is 7.84. The first kappa shape index (κ1) is 14.1. The largest absolute Gasteiger partial charge is 0.386 e. The summed E-state index contributed by atoms with van der Waals surface area (Å²) in [5.41, 5.74) is 0.748. The lowest BCUT2D eigenvalue weighted by molar-refractivity contribution is 0.333. The number of thiol groups is 1. The number of rotatable bonds is 2. The van der Waals surface area contributed by atoms with Crippen LogP contribution in [0.3, 0.4) is 0 Å². The van der Waals surface area contributed by atoms with Gasteiger partial charge in [0.05, 0.1) is 0 Å². The van der Waals surface area contributed by atoms with Gasteiger partial charge in [-0.2, -0.15) is 0 Å². The number of fused-ring (bicyclic) bond motifs is 1. The molecule has 0 unspecified atom stereocenters. The molecule has 0 saturated heterocycles. The van der Waals surface area contributed by atoms with Gasteiger partial charge < -0.3 is 24.9 Å². The molecule has 18 heavy (non-hydrogen) atoms. The summed E-state index contributed by atoms with van der Waals surface area (Å²) in [7, 11) is -10.1. The third kappa shape index (κ3) is 1.94. The number of allylic oxidation sites excluding steroid dienone is 3. The fourth-order valence-electron chi connectivity index (χ4n) is 1.91. The lowest BCUT2D eigenvalue weighted by Crippen LogP contribution is -2.22. The molecule has 7 nitrogen and oxygen atoms in total. The Hall–Kier alpha value is -0.330. The van der Waals surface area contributed by atoms with Crippen molar-refractivity contribution in [3.05, 3.63) is 34.4 Å². The van der Waals surface area contributed by atoms with Crippen LogP contribution in [0.15, 0.2) is 34.4 Å². The Labute approximate surface area is 108 Å². The third-order valence-corrected chi connectivity index (χ3v) is 7.15. The van der Waals surface area contributed by atoms with Gasteiger partial charge in [0, 0.05) is 17.6 Å². The van der Waals surface area contributed by atoms with Gasteiger partial charge in [0.1, 0.15) is 0 Å². The van der Waals surface area contributed by atoms with Crippen LogP contribution in [0.1, 0.15) is 0 Å². The van der Waals surface area contributed by atoms with E-state index < -0.39 is 20.1 Å². The molecule has 0 aromatic rings. The van der Waals surface area contributed by atoms with Gasteiger partial charge in [-0.1, -0.05) is 0 Å². The molecule has 0 spiro atoms. The van der Waals surface area contributed by atoms with E-state index >= 15 is 0 Å². The smallest absolute Gasteiger partial charge is 0.351 e. The highest BCUT2D eigenvalue weighted by Crippen LogP contribution is 2.73. The monoisotopic (exact) mass is 311 g/mol. The lowest BCUT2D eigenvalue weighted by Gasteiger charge is -2.26. The quantitative estimate of drug-likeness (QED) is 0.319. The van der Waals surface area contributed by atoms with E-state index in [1.165, 1.54) is 6.20 Å². The van der Waals surface area contributed by atoms with Crippen LogP contribution in [-0.2, 0) is 9.13 Å². The fourth-order valence-corrected chi connectivity index (χ4v) is 4.81. The molecule has 0 aromatic heterocycles. The van der Waals surface area contributed by atoms with Gasteiger partial charge in [0.25, 0.3) is 0 Å². The molecular weight excluding hydrogens is 300 g/mol. The molecule has 0 fully saturated rings. The van der Waals surface area contributed by atoms with Gasteiger partial charge in [-0.3, -0.25) is 9.13 Å². The maximum atomic E-state index is 11.5. The Morgan fingerprint density at radius 3 is 2.17 bits per heavy atom. The second-order valence-corrected chi connectivity index (χ2v) is 8.50. The van der Waals surface area contributed by atoms with E-state index in [2.05, 4.69) is 17.9 Å². The molecule has 0 amide bonds. The standard InChI is InChI=1S/C8H11NO6P2S/c10-16(11,12)8(17(13,14)15)1-5-3-9-4-7(18)6(5)2-8/h1-2,4,9,18H,3H2,(H2,10,11,12)(H2,13,14,15). The number of hydrogen-bond acceptors (Lipinski definition) is 4.